The second-order valence-corrected chi connectivity index (χ2v) is 4.18. The van der Waals surface area contributed by atoms with E-state index in [-0.39, 0.29) is 12.6 Å². The number of hydrogen-bond acceptors (Lipinski definition) is 4. The molecule has 2 N–H and O–H groups in total. The summed E-state index contributed by atoms with van der Waals surface area (Å²) in [6.07, 6.45) is 1.85. The number of ether oxygens (including phenoxy) is 1. The van der Waals surface area contributed by atoms with E-state index in [1.807, 2.05) is 6.08 Å². The number of aliphatic hydroxyl groups excluding tert-OH is 1. The number of nitrogens with zero attached hydrogens (tertiary/aromatic N) is 1. The molecule has 0 aromatic rings. The highest BCUT2D eigenvalue weighted by atomic mass is 16.5. The topological polar surface area (TPSA) is 44.7 Å². The molecule has 0 radical (unpaired) electrons. The van der Waals surface area contributed by atoms with Crippen LogP contribution in [0, 0.1) is 0 Å². The van der Waals surface area contributed by atoms with E-state index in [2.05, 4.69) is 30.6 Å². The molecule has 0 bridgehead atoms. The Morgan fingerprint density at radius 1 is 1.50 bits per heavy atom. The Morgan fingerprint density at radius 2 is 2.19 bits per heavy atom. The van der Waals surface area contributed by atoms with Crippen LogP contribution >= 0.6 is 0 Å². The van der Waals surface area contributed by atoms with Crippen molar-refractivity contribution in [2.24, 2.45) is 0 Å². The molecule has 4 nitrogen and oxygen atoms in total. The predicted octanol–water partition coefficient (Wildman–Crippen LogP) is 0.480. The van der Waals surface area contributed by atoms with Gasteiger partial charge in [-0.05, 0) is 0 Å². The Labute approximate surface area is 99.3 Å². The SMILES string of the molecule is C=CCN(CCO)C(CNC(C)C)COC. The Bertz CT molecular complexity index is 174. The van der Waals surface area contributed by atoms with Crippen LogP contribution in [0.25, 0.3) is 0 Å². The minimum atomic E-state index is 0.162. The fourth-order valence-electron chi connectivity index (χ4n) is 1.57. The summed E-state index contributed by atoms with van der Waals surface area (Å²) in [5.41, 5.74) is 0. The lowest BCUT2D eigenvalue weighted by Gasteiger charge is -2.30. The largest absolute Gasteiger partial charge is 0.395 e. The van der Waals surface area contributed by atoms with Crippen molar-refractivity contribution < 1.29 is 9.84 Å². The molecule has 0 saturated heterocycles. The smallest absolute Gasteiger partial charge is 0.0630 e. The molecule has 0 aromatic carbocycles. The fourth-order valence-corrected chi connectivity index (χ4v) is 1.57. The third-order valence-electron chi connectivity index (χ3n) is 2.39. The van der Waals surface area contributed by atoms with Crippen molar-refractivity contribution in [3.05, 3.63) is 12.7 Å². The zero-order valence-corrected chi connectivity index (χ0v) is 10.8. The maximum Gasteiger partial charge on any atom is 0.0630 e. The maximum atomic E-state index is 9.02. The van der Waals surface area contributed by atoms with Crippen LogP contribution in [0.1, 0.15) is 13.8 Å². The predicted molar refractivity (Wildman–Crippen MR) is 67.7 cm³/mol. The standard InChI is InChI=1S/C12H26N2O2/c1-5-6-14(7-8-15)12(10-16-4)9-13-11(2)3/h5,11-13,15H,1,6-10H2,2-4H3. The average molecular weight is 230 g/mol. The first-order chi connectivity index (χ1) is 7.65. The summed E-state index contributed by atoms with van der Waals surface area (Å²) in [5, 5.41) is 12.4. The van der Waals surface area contributed by atoms with Gasteiger partial charge < -0.3 is 15.2 Å². The number of rotatable bonds is 10. The van der Waals surface area contributed by atoms with Crippen molar-refractivity contribution in [2.45, 2.75) is 25.9 Å². The minimum absolute atomic E-state index is 0.162. The summed E-state index contributed by atoms with van der Waals surface area (Å²) in [5.74, 6) is 0. The zero-order chi connectivity index (χ0) is 12.4. The Morgan fingerprint density at radius 3 is 2.62 bits per heavy atom. The third kappa shape index (κ3) is 6.95. The number of aliphatic hydroxyl groups is 1. The molecule has 16 heavy (non-hydrogen) atoms. The van der Waals surface area contributed by atoms with E-state index in [0.29, 0.717) is 19.2 Å². The Kier molecular flexibility index (Phi) is 9.52. The molecule has 0 saturated carbocycles. The lowest BCUT2D eigenvalue weighted by molar-refractivity contribution is 0.0827. The Hall–Kier alpha value is -0.420. The van der Waals surface area contributed by atoms with E-state index < -0.39 is 0 Å². The molecular weight excluding hydrogens is 204 g/mol. The lowest BCUT2D eigenvalue weighted by Crippen LogP contribution is -2.47. The van der Waals surface area contributed by atoms with Gasteiger partial charge in [0, 0.05) is 38.8 Å². The van der Waals surface area contributed by atoms with Gasteiger partial charge in [0.25, 0.3) is 0 Å². The quantitative estimate of drug-likeness (QED) is 0.536. The summed E-state index contributed by atoms with van der Waals surface area (Å²) in [6, 6.07) is 0.733. The van der Waals surface area contributed by atoms with Crippen molar-refractivity contribution in [2.75, 3.05) is 40.0 Å². The van der Waals surface area contributed by atoms with E-state index in [1.54, 1.807) is 7.11 Å². The number of methoxy groups -OCH3 is 1. The maximum absolute atomic E-state index is 9.02. The van der Waals surface area contributed by atoms with Crippen LogP contribution in [0.4, 0.5) is 0 Å². The molecule has 0 aromatic heterocycles. The monoisotopic (exact) mass is 230 g/mol. The molecule has 4 heteroatoms. The van der Waals surface area contributed by atoms with Crippen LogP contribution in [-0.2, 0) is 4.74 Å². The van der Waals surface area contributed by atoms with Gasteiger partial charge in [-0.1, -0.05) is 19.9 Å². The van der Waals surface area contributed by atoms with Gasteiger partial charge in [0.15, 0.2) is 0 Å². The normalized spacial score (nSPS) is 13.4. The van der Waals surface area contributed by atoms with Gasteiger partial charge in [0.05, 0.1) is 13.2 Å². The Balaban J connectivity index is 4.24. The van der Waals surface area contributed by atoms with Crippen molar-refractivity contribution in [3.63, 3.8) is 0 Å². The molecule has 0 aliphatic rings. The molecule has 1 atom stereocenters. The first kappa shape index (κ1) is 15.6. The van der Waals surface area contributed by atoms with Crippen LogP contribution < -0.4 is 5.32 Å². The van der Waals surface area contributed by atoms with Gasteiger partial charge in [-0.3, -0.25) is 4.90 Å². The minimum Gasteiger partial charge on any atom is -0.395 e. The van der Waals surface area contributed by atoms with Crippen molar-refractivity contribution in [1.82, 2.24) is 10.2 Å². The van der Waals surface area contributed by atoms with Gasteiger partial charge in [0.2, 0.25) is 0 Å². The second-order valence-electron chi connectivity index (χ2n) is 4.18. The summed E-state index contributed by atoms with van der Waals surface area (Å²) in [4.78, 5) is 2.17. The highest BCUT2D eigenvalue weighted by Gasteiger charge is 2.16. The van der Waals surface area contributed by atoms with Gasteiger partial charge in [-0.15, -0.1) is 6.58 Å². The molecule has 0 aliphatic carbocycles. The van der Waals surface area contributed by atoms with E-state index in [1.165, 1.54) is 0 Å². The summed E-state index contributed by atoms with van der Waals surface area (Å²) in [6.45, 7) is 11.1. The summed E-state index contributed by atoms with van der Waals surface area (Å²) >= 11 is 0. The first-order valence-electron chi connectivity index (χ1n) is 5.83. The van der Waals surface area contributed by atoms with Crippen LogP contribution in [0.5, 0.6) is 0 Å². The number of hydrogen-bond donors (Lipinski definition) is 2. The highest BCUT2D eigenvalue weighted by molar-refractivity contribution is 4.81. The van der Waals surface area contributed by atoms with Crippen molar-refractivity contribution in [3.8, 4) is 0 Å². The summed E-state index contributed by atoms with van der Waals surface area (Å²) < 4.78 is 5.21. The summed E-state index contributed by atoms with van der Waals surface area (Å²) in [7, 11) is 1.70. The first-order valence-corrected chi connectivity index (χ1v) is 5.83. The number of nitrogens with one attached hydrogen (secondary N) is 1. The van der Waals surface area contributed by atoms with E-state index in [0.717, 1.165) is 13.1 Å². The molecule has 0 rings (SSSR count). The fraction of sp³-hybridized carbons (Fsp3) is 0.833. The van der Waals surface area contributed by atoms with Crippen LogP contribution in [-0.4, -0.2) is 62.0 Å². The second kappa shape index (κ2) is 9.78. The van der Waals surface area contributed by atoms with E-state index >= 15 is 0 Å². The molecule has 0 fully saturated rings. The van der Waals surface area contributed by atoms with Crippen molar-refractivity contribution in [1.29, 1.82) is 0 Å². The average Bonchev–Trinajstić information content (AvgIpc) is 2.24. The van der Waals surface area contributed by atoms with Crippen LogP contribution in [0.15, 0.2) is 12.7 Å². The van der Waals surface area contributed by atoms with Crippen molar-refractivity contribution >= 4 is 0 Å². The van der Waals surface area contributed by atoms with E-state index in [4.69, 9.17) is 9.84 Å². The highest BCUT2D eigenvalue weighted by Crippen LogP contribution is 2.00. The van der Waals surface area contributed by atoms with Gasteiger partial charge in [-0.25, -0.2) is 0 Å². The van der Waals surface area contributed by atoms with Crippen LogP contribution in [0.2, 0.25) is 0 Å². The molecule has 0 spiro atoms. The molecule has 0 aliphatic heterocycles. The molecule has 0 heterocycles. The third-order valence-corrected chi connectivity index (χ3v) is 2.39. The molecule has 0 amide bonds. The lowest BCUT2D eigenvalue weighted by atomic mass is 10.2. The zero-order valence-electron chi connectivity index (χ0n) is 10.8. The molecule has 1 unspecified atom stereocenters. The van der Waals surface area contributed by atoms with Crippen LogP contribution in [0.3, 0.4) is 0 Å². The molecule has 96 valence electrons. The van der Waals surface area contributed by atoms with E-state index in [9.17, 15) is 0 Å². The van der Waals surface area contributed by atoms with Gasteiger partial charge in [0.1, 0.15) is 0 Å². The van der Waals surface area contributed by atoms with Gasteiger partial charge in [-0.2, -0.15) is 0 Å². The van der Waals surface area contributed by atoms with Gasteiger partial charge >= 0.3 is 0 Å². The molecular formula is C12H26N2O2.